The SMILES string of the molecule is CC1CC(CN2CCOCC2)C1. The van der Waals surface area contributed by atoms with Gasteiger partial charge in [0, 0.05) is 19.6 Å². The van der Waals surface area contributed by atoms with Crippen LogP contribution in [0.4, 0.5) is 0 Å². The minimum absolute atomic E-state index is 0.947. The zero-order chi connectivity index (χ0) is 8.39. The second-order valence-electron chi connectivity index (χ2n) is 4.36. The summed E-state index contributed by atoms with van der Waals surface area (Å²) in [6.07, 6.45) is 2.91. The first kappa shape index (κ1) is 8.52. The van der Waals surface area contributed by atoms with Crippen molar-refractivity contribution in [3.8, 4) is 0 Å². The molecular weight excluding hydrogens is 150 g/mol. The van der Waals surface area contributed by atoms with Gasteiger partial charge in [-0.3, -0.25) is 4.90 Å². The molecule has 0 aromatic heterocycles. The summed E-state index contributed by atoms with van der Waals surface area (Å²) in [5.74, 6) is 1.99. The zero-order valence-electron chi connectivity index (χ0n) is 7.96. The molecule has 2 nitrogen and oxygen atoms in total. The fourth-order valence-electron chi connectivity index (χ4n) is 2.37. The van der Waals surface area contributed by atoms with Crippen molar-refractivity contribution in [3.05, 3.63) is 0 Å². The van der Waals surface area contributed by atoms with Crippen LogP contribution in [0.15, 0.2) is 0 Å². The van der Waals surface area contributed by atoms with Crippen molar-refractivity contribution in [2.75, 3.05) is 32.8 Å². The zero-order valence-corrected chi connectivity index (χ0v) is 7.96. The van der Waals surface area contributed by atoms with Gasteiger partial charge in [-0.1, -0.05) is 6.92 Å². The molecule has 0 N–H and O–H groups in total. The maximum absolute atomic E-state index is 5.31. The average molecular weight is 169 g/mol. The molecule has 0 spiro atoms. The number of nitrogens with zero attached hydrogens (tertiary/aromatic N) is 1. The van der Waals surface area contributed by atoms with Crippen LogP contribution in [-0.2, 0) is 4.74 Å². The highest BCUT2D eigenvalue weighted by atomic mass is 16.5. The van der Waals surface area contributed by atoms with Crippen LogP contribution >= 0.6 is 0 Å². The molecule has 70 valence electrons. The third-order valence-electron chi connectivity index (χ3n) is 3.09. The van der Waals surface area contributed by atoms with E-state index in [1.54, 1.807) is 0 Å². The van der Waals surface area contributed by atoms with Crippen molar-refractivity contribution in [2.45, 2.75) is 19.8 Å². The van der Waals surface area contributed by atoms with Gasteiger partial charge in [0.25, 0.3) is 0 Å². The van der Waals surface area contributed by atoms with Crippen LogP contribution in [0, 0.1) is 11.8 Å². The van der Waals surface area contributed by atoms with Gasteiger partial charge >= 0.3 is 0 Å². The van der Waals surface area contributed by atoms with Gasteiger partial charge in [0.15, 0.2) is 0 Å². The predicted octanol–water partition coefficient (Wildman–Crippen LogP) is 1.36. The van der Waals surface area contributed by atoms with E-state index in [4.69, 9.17) is 4.74 Å². The van der Waals surface area contributed by atoms with Crippen LogP contribution < -0.4 is 0 Å². The highest BCUT2D eigenvalue weighted by Crippen LogP contribution is 2.33. The summed E-state index contributed by atoms with van der Waals surface area (Å²) in [5.41, 5.74) is 0. The Morgan fingerprint density at radius 2 is 1.92 bits per heavy atom. The molecule has 0 atom stereocenters. The van der Waals surface area contributed by atoms with E-state index in [2.05, 4.69) is 11.8 Å². The van der Waals surface area contributed by atoms with Gasteiger partial charge in [0.1, 0.15) is 0 Å². The first-order valence-electron chi connectivity index (χ1n) is 5.14. The van der Waals surface area contributed by atoms with Gasteiger partial charge < -0.3 is 4.74 Å². The predicted molar refractivity (Wildman–Crippen MR) is 49.1 cm³/mol. The lowest BCUT2D eigenvalue weighted by Gasteiger charge is -2.38. The standard InChI is InChI=1S/C10H19NO/c1-9-6-10(7-9)8-11-2-4-12-5-3-11/h9-10H,2-8H2,1H3. The molecule has 0 amide bonds. The van der Waals surface area contributed by atoms with Gasteiger partial charge in [0.2, 0.25) is 0 Å². The summed E-state index contributed by atoms with van der Waals surface area (Å²) in [7, 11) is 0. The van der Waals surface area contributed by atoms with Crippen LogP contribution in [0.3, 0.4) is 0 Å². The second kappa shape index (κ2) is 3.75. The Morgan fingerprint density at radius 3 is 2.50 bits per heavy atom. The molecule has 2 fully saturated rings. The molecular formula is C10H19NO. The lowest BCUT2D eigenvalue weighted by molar-refractivity contribution is 0.0182. The smallest absolute Gasteiger partial charge is 0.0594 e. The molecule has 0 bridgehead atoms. The third kappa shape index (κ3) is 1.99. The van der Waals surface area contributed by atoms with E-state index < -0.39 is 0 Å². The summed E-state index contributed by atoms with van der Waals surface area (Å²) in [5, 5.41) is 0. The minimum atomic E-state index is 0.947. The summed E-state index contributed by atoms with van der Waals surface area (Å²) in [4.78, 5) is 2.56. The van der Waals surface area contributed by atoms with Crippen LogP contribution in [0.5, 0.6) is 0 Å². The largest absolute Gasteiger partial charge is 0.379 e. The maximum atomic E-state index is 5.31. The summed E-state index contributed by atoms with van der Waals surface area (Å²) < 4.78 is 5.31. The van der Waals surface area contributed by atoms with E-state index in [1.807, 2.05) is 0 Å². The quantitative estimate of drug-likeness (QED) is 0.619. The van der Waals surface area contributed by atoms with Crippen LogP contribution in [0.1, 0.15) is 19.8 Å². The molecule has 1 saturated heterocycles. The molecule has 2 aliphatic rings. The van der Waals surface area contributed by atoms with Gasteiger partial charge in [-0.05, 0) is 24.7 Å². The van der Waals surface area contributed by atoms with Gasteiger partial charge in [-0.2, -0.15) is 0 Å². The lowest BCUT2D eigenvalue weighted by Crippen LogP contribution is -2.42. The normalized spacial score (nSPS) is 37.8. The fraction of sp³-hybridized carbons (Fsp3) is 1.00. The van der Waals surface area contributed by atoms with Crippen molar-refractivity contribution in [1.82, 2.24) is 4.90 Å². The number of ether oxygens (including phenoxy) is 1. The number of morpholine rings is 1. The molecule has 0 radical (unpaired) electrons. The van der Waals surface area contributed by atoms with Crippen molar-refractivity contribution < 1.29 is 4.74 Å². The first-order valence-corrected chi connectivity index (χ1v) is 5.14. The Hall–Kier alpha value is -0.0800. The van der Waals surface area contributed by atoms with Gasteiger partial charge in [-0.25, -0.2) is 0 Å². The number of hydrogen-bond donors (Lipinski definition) is 0. The fourth-order valence-corrected chi connectivity index (χ4v) is 2.37. The van der Waals surface area contributed by atoms with Crippen molar-refractivity contribution >= 4 is 0 Å². The molecule has 0 aromatic carbocycles. The van der Waals surface area contributed by atoms with E-state index in [1.165, 1.54) is 19.4 Å². The van der Waals surface area contributed by atoms with E-state index >= 15 is 0 Å². The highest BCUT2D eigenvalue weighted by molar-refractivity contribution is 4.79. The van der Waals surface area contributed by atoms with Crippen molar-refractivity contribution in [1.29, 1.82) is 0 Å². The summed E-state index contributed by atoms with van der Waals surface area (Å²) >= 11 is 0. The molecule has 1 saturated carbocycles. The Kier molecular flexibility index (Phi) is 2.66. The van der Waals surface area contributed by atoms with Crippen LogP contribution in [0.2, 0.25) is 0 Å². The van der Waals surface area contributed by atoms with Crippen LogP contribution in [0.25, 0.3) is 0 Å². The van der Waals surface area contributed by atoms with Crippen LogP contribution in [-0.4, -0.2) is 37.7 Å². The Balaban J connectivity index is 1.65. The molecule has 12 heavy (non-hydrogen) atoms. The number of rotatable bonds is 2. The minimum Gasteiger partial charge on any atom is -0.379 e. The van der Waals surface area contributed by atoms with Gasteiger partial charge in [0.05, 0.1) is 13.2 Å². The number of hydrogen-bond acceptors (Lipinski definition) is 2. The monoisotopic (exact) mass is 169 g/mol. The molecule has 2 heteroatoms. The molecule has 1 heterocycles. The maximum Gasteiger partial charge on any atom is 0.0594 e. The Morgan fingerprint density at radius 1 is 1.25 bits per heavy atom. The first-order chi connectivity index (χ1) is 5.84. The van der Waals surface area contributed by atoms with E-state index in [0.29, 0.717) is 0 Å². The van der Waals surface area contributed by atoms with E-state index in [0.717, 1.165) is 38.1 Å². The molecule has 0 aromatic rings. The van der Waals surface area contributed by atoms with Crippen molar-refractivity contribution in [3.63, 3.8) is 0 Å². The van der Waals surface area contributed by atoms with Gasteiger partial charge in [-0.15, -0.1) is 0 Å². The Bertz CT molecular complexity index is 137. The average Bonchev–Trinajstić information content (AvgIpc) is 2.04. The third-order valence-corrected chi connectivity index (χ3v) is 3.09. The molecule has 1 aliphatic heterocycles. The molecule has 1 aliphatic carbocycles. The highest BCUT2D eigenvalue weighted by Gasteiger charge is 2.27. The molecule has 2 rings (SSSR count). The van der Waals surface area contributed by atoms with Crippen molar-refractivity contribution in [2.24, 2.45) is 11.8 Å². The second-order valence-corrected chi connectivity index (χ2v) is 4.36. The summed E-state index contributed by atoms with van der Waals surface area (Å²) in [6, 6.07) is 0. The van der Waals surface area contributed by atoms with E-state index in [-0.39, 0.29) is 0 Å². The van der Waals surface area contributed by atoms with E-state index in [9.17, 15) is 0 Å². The Labute approximate surface area is 74.9 Å². The topological polar surface area (TPSA) is 12.5 Å². The summed E-state index contributed by atoms with van der Waals surface area (Å²) in [6.45, 7) is 7.89. The molecule has 0 unspecified atom stereocenters. The lowest BCUT2D eigenvalue weighted by atomic mass is 9.76.